The second-order valence-corrected chi connectivity index (χ2v) is 9.19. The molecule has 9 heteroatoms. The average molecular weight is 402 g/mol. The van der Waals surface area contributed by atoms with Crippen molar-refractivity contribution in [2.75, 3.05) is 16.8 Å². The molecule has 0 aliphatic heterocycles. The summed E-state index contributed by atoms with van der Waals surface area (Å²) >= 11 is 1.12. The number of carbonyl (C=O) groups is 1. The first-order chi connectivity index (χ1) is 12.3. The number of thiazole rings is 1. The monoisotopic (exact) mass is 402 g/mol. The Morgan fingerprint density at radius 2 is 2.04 bits per heavy atom. The highest BCUT2D eigenvalue weighted by Gasteiger charge is 2.17. The Labute approximate surface area is 155 Å². The maximum atomic E-state index is 13.7. The number of benzene rings is 1. The Balaban J connectivity index is 1.92. The molecule has 0 atom stereocenters. The van der Waals surface area contributed by atoms with E-state index in [1.807, 2.05) is 6.92 Å². The summed E-state index contributed by atoms with van der Waals surface area (Å²) in [6.45, 7) is 1.97. The Kier molecular flexibility index (Phi) is 7.22. The summed E-state index contributed by atoms with van der Waals surface area (Å²) in [7, 11) is -3.44. The number of sulfone groups is 1. The fraction of sp³-hybridized carbons (Fsp3) is 0.412. The van der Waals surface area contributed by atoms with Gasteiger partial charge in [0.2, 0.25) is 5.91 Å². The first-order valence-corrected chi connectivity index (χ1v) is 10.8. The Morgan fingerprint density at radius 3 is 2.73 bits per heavy atom. The largest absolute Gasteiger partial charge is 0.301 e. The van der Waals surface area contributed by atoms with Gasteiger partial charge in [-0.3, -0.25) is 4.79 Å². The summed E-state index contributed by atoms with van der Waals surface area (Å²) in [4.78, 5) is 16.6. The molecule has 142 valence electrons. The van der Waals surface area contributed by atoms with Crippen molar-refractivity contribution in [1.29, 1.82) is 0 Å². The SMILES string of the molecule is CCCCCS(=O)(=O)CC(=O)Nc1ncc(Cc2ccc(F)cc2F)s1. The lowest BCUT2D eigenvalue weighted by Crippen LogP contribution is -2.24. The van der Waals surface area contributed by atoms with Crippen molar-refractivity contribution in [2.24, 2.45) is 0 Å². The highest BCUT2D eigenvalue weighted by Crippen LogP contribution is 2.22. The van der Waals surface area contributed by atoms with Gasteiger partial charge in [0, 0.05) is 23.6 Å². The van der Waals surface area contributed by atoms with Crippen LogP contribution in [0.1, 0.15) is 36.6 Å². The molecule has 0 aliphatic carbocycles. The molecule has 0 unspecified atom stereocenters. The van der Waals surface area contributed by atoms with Crippen LogP contribution in [-0.2, 0) is 21.1 Å². The van der Waals surface area contributed by atoms with Gasteiger partial charge in [-0.2, -0.15) is 0 Å². The number of unbranched alkanes of at least 4 members (excludes halogenated alkanes) is 2. The number of carbonyl (C=O) groups excluding carboxylic acids is 1. The summed E-state index contributed by atoms with van der Waals surface area (Å²) < 4.78 is 50.3. The van der Waals surface area contributed by atoms with E-state index in [0.717, 1.165) is 30.2 Å². The first-order valence-electron chi connectivity index (χ1n) is 8.18. The Hall–Kier alpha value is -1.87. The van der Waals surface area contributed by atoms with Crippen LogP contribution in [0.5, 0.6) is 0 Å². The maximum Gasteiger partial charge on any atom is 0.241 e. The van der Waals surface area contributed by atoms with E-state index in [0.29, 0.717) is 16.9 Å². The number of nitrogens with one attached hydrogen (secondary N) is 1. The van der Waals surface area contributed by atoms with Gasteiger partial charge in [0.1, 0.15) is 17.4 Å². The van der Waals surface area contributed by atoms with E-state index < -0.39 is 33.1 Å². The van der Waals surface area contributed by atoms with Gasteiger partial charge in [0.05, 0.1) is 5.75 Å². The van der Waals surface area contributed by atoms with Gasteiger partial charge < -0.3 is 5.32 Å². The second-order valence-electron chi connectivity index (χ2n) is 5.89. The van der Waals surface area contributed by atoms with Crippen molar-refractivity contribution in [3.05, 3.63) is 46.5 Å². The molecule has 0 saturated carbocycles. The topological polar surface area (TPSA) is 76.1 Å². The van der Waals surface area contributed by atoms with E-state index >= 15 is 0 Å². The van der Waals surface area contributed by atoms with Gasteiger partial charge in [0.25, 0.3) is 0 Å². The van der Waals surface area contributed by atoms with E-state index in [1.165, 1.54) is 18.3 Å². The maximum absolute atomic E-state index is 13.7. The second kappa shape index (κ2) is 9.18. The predicted molar refractivity (Wildman–Crippen MR) is 98.1 cm³/mol. The lowest BCUT2D eigenvalue weighted by atomic mass is 10.1. The van der Waals surface area contributed by atoms with Crippen LogP contribution in [0.25, 0.3) is 0 Å². The molecule has 1 heterocycles. The lowest BCUT2D eigenvalue weighted by Gasteiger charge is -2.04. The minimum Gasteiger partial charge on any atom is -0.301 e. The number of amides is 1. The van der Waals surface area contributed by atoms with Crippen molar-refractivity contribution >= 4 is 32.2 Å². The molecule has 1 aromatic carbocycles. The molecule has 2 rings (SSSR count). The average Bonchev–Trinajstić information content (AvgIpc) is 2.96. The van der Waals surface area contributed by atoms with E-state index in [2.05, 4.69) is 10.3 Å². The number of aromatic nitrogens is 1. The number of rotatable bonds is 9. The molecular weight excluding hydrogens is 382 g/mol. The number of hydrogen-bond acceptors (Lipinski definition) is 5. The number of halogens is 2. The van der Waals surface area contributed by atoms with E-state index in [9.17, 15) is 22.0 Å². The molecule has 0 spiro atoms. The number of nitrogens with zero attached hydrogens (tertiary/aromatic N) is 1. The van der Waals surface area contributed by atoms with Gasteiger partial charge in [-0.1, -0.05) is 25.8 Å². The van der Waals surface area contributed by atoms with Crippen molar-refractivity contribution < 1.29 is 22.0 Å². The summed E-state index contributed by atoms with van der Waals surface area (Å²) in [5.74, 6) is -2.54. The zero-order valence-electron chi connectivity index (χ0n) is 14.3. The summed E-state index contributed by atoms with van der Waals surface area (Å²) in [5.41, 5.74) is 0.312. The molecule has 0 radical (unpaired) electrons. The fourth-order valence-corrected chi connectivity index (χ4v) is 4.41. The van der Waals surface area contributed by atoms with Crippen molar-refractivity contribution in [1.82, 2.24) is 4.98 Å². The van der Waals surface area contributed by atoms with Crippen LogP contribution in [0.3, 0.4) is 0 Å². The van der Waals surface area contributed by atoms with E-state index in [-0.39, 0.29) is 17.3 Å². The third kappa shape index (κ3) is 6.45. The Morgan fingerprint density at radius 1 is 1.27 bits per heavy atom. The number of hydrogen-bond donors (Lipinski definition) is 1. The zero-order chi connectivity index (χ0) is 19.2. The number of anilines is 1. The van der Waals surface area contributed by atoms with Crippen LogP contribution < -0.4 is 5.32 Å². The van der Waals surface area contributed by atoms with Crippen LogP contribution in [-0.4, -0.2) is 30.8 Å². The van der Waals surface area contributed by atoms with E-state index in [1.54, 1.807) is 0 Å². The van der Waals surface area contributed by atoms with Gasteiger partial charge in [-0.05, 0) is 18.1 Å². The van der Waals surface area contributed by atoms with Crippen LogP contribution in [0.15, 0.2) is 24.4 Å². The highest BCUT2D eigenvalue weighted by molar-refractivity contribution is 7.92. The molecule has 1 aromatic heterocycles. The van der Waals surface area contributed by atoms with Crippen LogP contribution >= 0.6 is 11.3 Å². The van der Waals surface area contributed by atoms with Crippen LogP contribution in [0.4, 0.5) is 13.9 Å². The third-order valence-corrected chi connectivity index (χ3v) is 6.12. The van der Waals surface area contributed by atoms with Crippen molar-refractivity contribution in [2.45, 2.75) is 32.6 Å². The van der Waals surface area contributed by atoms with Crippen molar-refractivity contribution in [3.63, 3.8) is 0 Å². The molecule has 5 nitrogen and oxygen atoms in total. The predicted octanol–water partition coefficient (Wildman–Crippen LogP) is 3.56. The first kappa shape index (κ1) is 20.4. The van der Waals surface area contributed by atoms with Gasteiger partial charge >= 0.3 is 0 Å². The molecule has 0 aliphatic rings. The minimum atomic E-state index is -3.44. The minimum absolute atomic E-state index is 0.0127. The van der Waals surface area contributed by atoms with E-state index in [4.69, 9.17) is 0 Å². The van der Waals surface area contributed by atoms with Crippen LogP contribution in [0.2, 0.25) is 0 Å². The highest BCUT2D eigenvalue weighted by atomic mass is 32.2. The van der Waals surface area contributed by atoms with Crippen molar-refractivity contribution in [3.8, 4) is 0 Å². The summed E-state index contributed by atoms with van der Waals surface area (Å²) in [6, 6.07) is 3.33. The standard InChI is InChI=1S/C17H20F2N2O3S2/c1-2-3-4-7-26(23,24)11-16(22)21-17-20-10-14(25-17)8-12-5-6-13(18)9-15(12)19/h5-6,9-10H,2-4,7-8,11H2,1H3,(H,20,21,22). The molecule has 0 fully saturated rings. The lowest BCUT2D eigenvalue weighted by molar-refractivity contribution is -0.113. The molecule has 2 aromatic rings. The molecule has 0 bridgehead atoms. The smallest absolute Gasteiger partial charge is 0.241 e. The molecular formula is C17H20F2N2O3S2. The Bertz CT molecular complexity index is 867. The molecule has 1 N–H and O–H groups in total. The summed E-state index contributed by atoms with van der Waals surface area (Å²) in [6.07, 6.45) is 3.92. The van der Waals surface area contributed by atoms with Gasteiger partial charge in [-0.25, -0.2) is 22.2 Å². The third-order valence-electron chi connectivity index (χ3n) is 3.59. The van der Waals surface area contributed by atoms with Gasteiger partial charge in [0.15, 0.2) is 15.0 Å². The normalized spacial score (nSPS) is 11.5. The summed E-state index contributed by atoms with van der Waals surface area (Å²) in [5, 5.41) is 2.70. The quantitative estimate of drug-likeness (QED) is 0.651. The van der Waals surface area contributed by atoms with Crippen LogP contribution in [0, 0.1) is 11.6 Å². The molecule has 1 amide bonds. The van der Waals surface area contributed by atoms with Gasteiger partial charge in [-0.15, -0.1) is 11.3 Å². The molecule has 0 saturated heterocycles. The zero-order valence-corrected chi connectivity index (χ0v) is 15.9. The fourth-order valence-electron chi connectivity index (χ4n) is 2.30. The molecule has 26 heavy (non-hydrogen) atoms.